The number of nitriles is 1. The quantitative estimate of drug-likeness (QED) is 0.0745. The Morgan fingerprint density at radius 2 is 1.52 bits per heavy atom. The number of likely N-dealkylation sites (N-methyl/N-ethyl adjacent to an activating group) is 1. The summed E-state index contributed by atoms with van der Waals surface area (Å²) in [4.78, 5) is 81.0. The van der Waals surface area contributed by atoms with Crippen molar-refractivity contribution in [2.75, 3.05) is 46.4 Å². The van der Waals surface area contributed by atoms with Gasteiger partial charge >= 0.3 is 0 Å². The summed E-state index contributed by atoms with van der Waals surface area (Å²) in [7, 11) is 1.41. The van der Waals surface area contributed by atoms with Crippen molar-refractivity contribution in [3.8, 4) is 45.8 Å². The van der Waals surface area contributed by atoms with Crippen LogP contribution in [0.15, 0.2) is 60.7 Å². The standard InChI is InChI=1S/C48H59N11O8/c1-27-41(28(2)55-43(54-27)31-9-12-34(13-10-31)67-33-6-5-7-33)46(62)57-37(16-17-49)48(64)59(4)42-32-11-15-40(66-23-20-52)36(26-32)35-24-30(8-14-39(35)65-22-19-51)25-38(45(61)53-21-18-50)58-44(60)29(3)56-47(42)63/h8-15,24,26,29,33,37-38,42H,5-7,16-17,19-23,25,49,51-52H2,1-4H3,(H,53,61)(H,56,63)(H,57,62)(H,58,60)/t29-,37?,38-,42-/m0/s1. The first-order valence-electron chi connectivity index (χ1n) is 22.3. The minimum Gasteiger partial charge on any atom is -0.492 e. The van der Waals surface area contributed by atoms with E-state index in [9.17, 15) is 29.2 Å². The highest BCUT2D eigenvalue weighted by Crippen LogP contribution is 2.40. The molecule has 6 rings (SSSR count). The average Bonchev–Trinajstić information content (AvgIpc) is 3.29. The van der Waals surface area contributed by atoms with Crippen molar-refractivity contribution in [1.29, 1.82) is 5.26 Å². The van der Waals surface area contributed by atoms with Crippen LogP contribution in [-0.4, -0.2) is 115 Å². The van der Waals surface area contributed by atoms with Crippen LogP contribution in [-0.2, 0) is 25.6 Å². The summed E-state index contributed by atoms with van der Waals surface area (Å²) in [5.74, 6) is -1.42. The third-order valence-corrected chi connectivity index (χ3v) is 11.6. The molecule has 5 amide bonds. The number of hydrogen-bond donors (Lipinski definition) is 7. The Morgan fingerprint density at radius 3 is 2.12 bits per heavy atom. The van der Waals surface area contributed by atoms with Crippen molar-refractivity contribution in [3.63, 3.8) is 0 Å². The number of aryl methyl sites for hydroxylation is 2. The van der Waals surface area contributed by atoms with E-state index in [0.29, 0.717) is 51.0 Å². The Bertz CT molecular complexity index is 2470. The Balaban J connectivity index is 1.36. The van der Waals surface area contributed by atoms with Gasteiger partial charge in [-0.3, -0.25) is 24.0 Å². The van der Waals surface area contributed by atoms with Gasteiger partial charge in [-0.25, -0.2) is 9.97 Å². The van der Waals surface area contributed by atoms with Crippen molar-refractivity contribution < 1.29 is 38.2 Å². The smallest absolute Gasteiger partial charge is 0.255 e. The SMILES string of the molecule is Cc1nc(-c2ccc(OC3CCC3)cc2)nc(C)c1C(=O)NC(CCN)C(=O)N(C)[C@@H]1C(=O)N[C@@H](C)C(=O)N[C@H](C(=O)NCC#N)Cc2ccc(OCCN)c(c2)-c2cc1ccc2OCCN. The number of nitrogens with one attached hydrogen (secondary N) is 4. The zero-order valence-corrected chi connectivity index (χ0v) is 38.2. The molecule has 1 aromatic heterocycles. The maximum Gasteiger partial charge on any atom is 0.255 e. The van der Waals surface area contributed by atoms with Crippen LogP contribution in [0.25, 0.3) is 22.5 Å². The molecule has 2 heterocycles. The first-order chi connectivity index (χ1) is 32.3. The molecule has 1 fully saturated rings. The molecular formula is C48H59N11O8. The molecule has 4 aromatic rings. The lowest BCUT2D eigenvalue weighted by atomic mass is 9.93. The van der Waals surface area contributed by atoms with E-state index in [1.807, 2.05) is 30.3 Å². The Kier molecular flexibility index (Phi) is 16.8. The van der Waals surface area contributed by atoms with Gasteiger partial charge in [0.05, 0.1) is 29.1 Å². The largest absolute Gasteiger partial charge is 0.492 e. The van der Waals surface area contributed by atoms with Crippen LogP contribution < -0.4 is 52.7 Å². The van der Waals surface area contributed by atoms with Crippen LogP contribution in [0.1, 0.15) is 71.5 Å². The second kappa shape index (κ2) is 22.9. The van der Waals surface area contributed by atoms with Gasteiger partial charge in [-0.2, -0.15) is 5.26 Å². The number of hydrogen-bond acceptors (Lipinski definition) is 14. The summed E-state index contributed by atoms with van der Waals surface area (Å²) >= 11 is 0. The molecule has 1 unspecified atom stereocenters. The number of rotatable bonds is 17. The number of nitrogens with zero attached hydrogens (tertiary/aromatic N) is 4. The van der Waals surface area contributed by atoms with Crippen LogP contribution in [0.5, 0.6) is 17.2 Å². The fourth-order valence-corrected chi connectivity index (χ4v) is 7.90. The Hall–Kier alpha value is -7.14. The number of nitrogens with two attached hydrogens (primary N) is 3. The number of aromatic nitrogens is 2. The molecule has 0 spiro atoms. The fraction of sp³-hybridized carbons (Fsp3) is 0.417. The van der Waals surface area contributed by atoms with E-state index in [1.165, 1.54) is 18.9 Å². The summed E-state index contributed by atoms with van der Waals surface area (Å²) < 4.78 is 18.2. The molecule has 2 aliphatic rings. The molecule has 1 saturated carbocycles. The van der Waals surface area contributed by atoms with Gasteiger partial charge < -0.3 is 57.6 Å². The first-order valence-corrected chi connectivity index (χ1v) is 22.3. The summed E-state index contributed by atoms with van der Waals surface area (Å²) in [6.45, 7) is 5.16. The van der Waals surface area contributed by atoms with Gasteiger partial charge in [0.15, 0.2) is 5.82 Å². The van der Waals surface area contributed by atoms with E-state index in [1.54, 1.807) is 50.2 Å². The van der Waals surface area contributed by atoms with Crippen LogP contribution in [0.4, 0.5) is 0 Å². The van der Waals surface area contributed by atoms with E-state index >= 15 is 0 Å². The summed E-state index contributed by atoms with van der Waals surface area (Å²) in [5.41, 5.74) is 21.3. The molecule has 3 aromatic carbocycles. The van der Waals surface area contributed by atoms with E-state index in [2.05, 4.69) is 31.2 Å². The van der Waals surface area contributed by atoms with Crippen molar-refractivity contribution >= 4 is 29.5 Å². The van der Waals surface area contributed by atoms with E-state index in [0.717, 1.165) is 30.6 Å². The number of benzene rings is 3. The minimum absolute atomic E-state index is 0.000106. The van der Waals surface area contributed by atoms with E-state index < -0.39 is 53.7 Å². The van der Waals surface area contributed by atoms with Crippen LogP contribution in [0, 0.1) is 25.2 Å². The Morgan fingerprint density at radius 1 is 0.881 bits per heavy atom. The van der Waals surface area contributed by atoms with Gasteiger partial charge in [0, 0.05) is 43.2 Å². The van der Waals surface area contributed by atoms with Gasteiger partial charge in [0.25, 0.3) is 5.91 Å². The van der Waals surface area contributed by atoms with Gasteiger partial charge in [-0.15, -0.1) is 0 Å². The van der Waals surface area contributed by atoms with Crippen molar-refractivity contribution in [2.24, 2.45) is 17.2 Å². The minimum atomic E-state index is -1.41. The summed E-state index contributed by atoms with van der Waals surface area (Å²) in [6.07, 6.45) is 3.46. The zero-order valence-electron chi connectivity index (χ0n) is 38.2. The monoisotopic (exact) mass is 917 g/mol. The second-order valence-corrected chi connectivity index (χ2v) is 16.5. The third kappa shape index (κ3) is 12.0. The number of carbonyl (C=O) groups is 5. The average molecular weight is 918 g/mol. The van der Waals surface area contributed by atoms with Crippen LogP contribution in [0.2, 0.25) is 0 Å². The molecular weight excluding hydrogens is 859 g/mol. The maximum atomic E-state index is 14.7. The number of ether oxygens (including phenoxy) is 3. The number of fused-ring (bicyclic) bond motifs is 5. The van der Waals surface area contributed by atoms with Crippen LogP contribution in [0.3, 0.4) is 0 Å². The predicted molar refractivity (Wildman–Crippen MR) is 248 cm³/mol. The molecule has 0 radical (unpaired) electrons. The molecule has 4 atom stereocenters. The summed E-state index contributed by atoms with van der Waals surface area (Å²) in [5, 5.41) is 19.9. The van der Waals surface area contributed by atoms with Gasteiger partial charge in [-0.05, 0) is 113 Å². The molecule has 19 heteroatoms. The van der Waals surface area contributed by atoms with Gasteiger partial charge in [0.1, 0.15) is 61.2 Å². The molecule has 10 N–H and O–H groups in total. The number of amides is 5. The topological polar surface area (TPSA) is 292 Å². The third-order valence-electron chi connectivity index (χ3n) is 11.6. The van der Waals surface area contributed by atoms with Crippen molar-refractivity contribution in [1.82, 2.24) is 36.1 Å². The maximum absolute atomic E-state index is 14.7. The molecule has 19 nitrogen and oxygen atoms in total. The lowest BCUT2D eigenvalue weighted by molar-refractivity contribution is -0.141. The molecule has 0 saturated heterocycles. The molecule has 1 aliphatic heterocycles. The van der Waals surface area contributed by atoms with Crippen LogP contribution >= 0.6 is 0 Å². The molecule has 4 bridgehead atoms. The van der Waals surface area contributed by atoms with Gasteiger partial charge in [-0.1, -0.05) is 12.1 Å². The highest BCUT2D eigenvalue weighted by Gasteiger charge is 2.36. The van der Waals surface area contributed by atoms with Crippen molar-refractivity contribution in [3.05, 3.63) is 88.7 Å². The lowest BCUT2D eigenvalue weighted by Crippen LogP contribution is -2.56. The van der Waals surface area contributed by atoms with Crippen molar-refractivity contribution in [2.45, 2.75) is 83.1 Å². The lowest BCUT2D eigenvalue weighted by Gasteiger charge is -2.32. The fourth-order valence-electron chi connectivity index (χ4n) is 7.90. The predicted octanol–water partition coefficient (Wildman–Crippen LogP) is 1.87. The first kappa shape index (κ1) is 49.3. The van der Waals surface area contributed by atoms with E-state index in [4.69, 9.17) is 31.4 Å². The highest BCUT2D eigenvalue weighted by molar-refractivity contribution is 6.00. The molecule has 67 heavy (non-hydrogen) atoms. The molecule has 354 valence electrons. The summed E-state index contributed by atoms with van der Waals surface area (Å²) in [6, 6.07) is 14.5. The zero-order chi connectivity index (χ0) is 48.2. The Labute approximate surface area is 389 Å². The second-order valence-electron chi connectivity index (χ2n) is 16.5. The molecule has 1 aliphatic carbocycles. The number of carbonyl (C=O) groups excluding carboxylic acids is 5. The van der Waals surface area contributed by atoms with Gasteiger partial charge in [0.2, 0.25) is 23.6 Å². The normalized spacial score (nSPS) is 17.6. The van der Waals surface area contributed by atoms with E-state index in [-0.39, 0.29) is 63.9 Å². The highest BCUT2D eigenvalue weighted by atomic mass is 16.5.